The fourth-order valence-electron chi connectivity index (χ4n) is 2.75. The van der Waals surface area contributed by atoms with E-state index in [0.29, 0.717) is 5.75 Å². The van der Waals surface area contributed by atoms with E-state index in [1.165, 1.54) is 11.8 Å². The Bertz CT molecular complexity index is 681. The van der Waals surface area contributed by atoms with Crippen LogP contribution in [0.25, 0.3) is 10.9 Å². The Kier molecular flexibility index (Phi) is 4.62. The van der Waals surface area contributed by atoms with E-state index >= 15 is 0 Å². The number of carbonyl (C=O) groups excluding carboxylic acids is 1. The van der Waals surface area contributed by atoms with Gasteiger partial charge >= 0.3 is 0 Å². The van der Waals surface area contributed by atoms with Crippen LogP contribution in [-0.4, -0.2) is 39.6 Å². The van der Waals surface area contributed by atoms with Crippen molar-refractivity contribution in [1.82, 2.24) is 14.9 Å². The Morgan fingerprint density at radius 3 is 2.77 bits per heavy atom. The molecule has 3 rings (SSSR count). The summed E-state index contributed by atoms with van der Waals surface area (Å²) in [6.45, 7) is 5.94. The summed E-state index contributed by atoms with van der Waals surface area (Å²) in [6.07, 6.45) is 2.23. The predicted octanol–water partition coefficient (Wildman–Crippen LogP) is 3.29. The van der Waals surface area contributed by atoms with Gasteiger partial charge in [0.1, 0.15) is 10.9 Å². The van der Waals surface area contributed by atoms with Crippen LogP contribution in [0.15, 0.2) is 29.3 Å². The molecule has 2 aromatic rings. The number of likely N-dealkylation sites (tertiary alicyclic amines) is 1. The molecule has 22 heavy (non-hydrogen) atoms. The summed E-state index contributed by atoms with van der Waals surface area (Å²) < 4.78 is 0. The molecule has 1 fully saturated rings. The lowest BCUT2D eigenvalue weighted by Gasteiger charge is -2.30. The molecule has 116 valence electrons. The molecule has 1 saturated heterocycles. The molecule has 0 atom stereocenters. The molecule has 0 N–H and O–H groups in total. The van der Waals surface area contributed by atoms with Crippen molar-refractivity contribution in [2.75, 3.05) is 18.8 Å². The maximum atomic E-state index is 12.4. The van der Waals surface area contributed by atoms with Gasteiger partial charge in [0, 0.05) is 18.5 Å². The maximum absolute atomic E-state index is 12.4. The lowest BCUT2D eigenvalue weighted by atomic mass is 9.99. The van der Waals surface area contributed by atoms with Crippen LogP contribution in [0.3, 0.4) is 0 Å². The SMILES string of the molecule is Cc1nc(SCC(=O)N2CCC(C)CC2)c2ccccc2n1. The van der Waals surface area contributed by atoms with E-state index < -0.39 is 0 Å². The predicted molar refractivity (Wildman–Crippen MR) is 90.0 cm³/mol. The third-order valence-corrected chi connectivity index (χ3v) is 5.12. The standard InChI is InChI=1S/C17H21N3OS/c1-12-7-9-20(10-8-12)16(21)11-22-17-14-5-3-4-6-15(14)18-13(2)19-17/h3-6,12H,7-11H2,1-2H3. The Morgan fingerprint density at radius 2 is 2.00 bits per heavy atom. The van der Waals surface area contributed by atoms with Crippen molar-refractivity contribution in [3.63, 3.8) is 0 Å². The van der Waals surface area contributed by atoms with E-state index in [1.54, 1.807) is 0 Å². The highest BCUT2D eigenvalue weighted by Gasteiger charge is 2.20. The molecule has 1 aliphatic rings. The van der Waals surface area contributed by atoms with Gasteiger partial charge in [0.2, 0.25) is 5.91 Å². The number of rotatable bonds is 3. The van der Waals surface area contributed by atoms with Crippen LogP contribution in [-0.2, 0) is 4.79 Å². The molecule has 1 aromatic heterocycles. The van der Waals surface area contributed by atoms with Gasteiger partial charge in [0.05, 0.1) is 11.3 Å². The van der Waals surface area contributed by atoms with Gasteiger partial charge in [0.15, 0.2) is 0 Å². The van der Waals surface area contributed by atoms with Gasteiger partial charge in [-0.2, -0.15) is 0 Å². The summed E-state index contributed by atoms with van der Waals surface area (Å²) in [5.41, 5.74) is 0.941. The number of hydrogen-bond acceptors (Lipinski definition) is 4. The second-order valence-electron chi connectivity index (χ2n) is 5.95. The number of aromatic nitrogens is 2. The Morgan fingerprint density at radius 1 is 1.27 bits per heavy atom. The van der Waals surface area contributed by atoms with Crippen molar-refractivity contribution >= 4 is 28.6 Å². The summed E-state index contributed by atoms with van der Waals surface area (Å²) in [7, 11) is 0. The van der Waals surface area contributed by atoms with Gasteiger partial charge in [0.25, 0.3) is 0 Å². The second kappa shape index (κ2) is 6.65. The first kappa shape index (κ1) is 15.3. The molecule has 0 spiro atoms. The Hall–Kier alpha value is -1.62. The van der Waals surface area contributed by atoms with E-state index in [1.807, 2.05) is 36.1 Å². The quantitative estimate of drug-likeness (QED) is 0.644. The number of benzene rings is 1. The molecule has 5 heteroatoms. The van der Waals surface area contributed by atoms with E-state index in [2.05, 4.69) is 16.9 Å². The van der Waals surface area contributed by atoms with Crippen molar-refractivity contribution in [2.45, 2.75) is 31.7 Å². The molecule has 4 nitrogen and oxygen atoms in total. The van der Waals surface area contributed by atoms with Gasteiger partial charge in [-0.3, -0.25) is 4.79 Å². The van der Waals surface area contributed by atoms with Crippen LogP contribution in [0.5, 0.6) is 0 Å². The van der Waals surface area contributed by atoms with E-state index in [9.17, 15) is 4.79 Å². The molecular formula is C17H21N3OS. The molecule has 0 bridgehead atoms. The van der Waals surface area contributed by atoms with Crippen molar-refractivity contribution in [1.29, 1.82) is 0 Å². The van der Waals surface area contributed by atoms with Crippen molar-refractivity contribution in [2.24, 2.45) is 5.92 Å². The lowest BCUT2D eigenvalue weighted by Crippen LogP contribution is -2.38. The maximum Gasteiger partial charge on any atom is 0.232 e. The number of carbonyl (C=O) groups is 1. The van der Waals surface area contributed by atoms with Crippen LogP contribution in [0, 0.1) is 12.8 Å². The largest absolute Gasteiger partial charge is 0.342 e. The van der Waals surface area contributed by atoms with Crippen LogP contribution in [0.2, 0.25) is 0 Å². The first-order chi connectivity index (χ1) is 10.6. The molecule has 0 aliphatic carbocycles. The van der Waals surface area contributed by atoms with Crippen LogP contribution >= 0.6 is 11.8 Å². The summed E-state index contributed by atoms with van der Waals surface area (Å²) in [5.74, 6) is 2.16. The second-order valence-corrected chi connectivity index (χ2v) is 6.91. The fourth-order valence-corrected chi connectivity index (χ4v) is 3.72. The molecular weight excluding hydrogens is 294 g/mol. The molecule has 0 unspecified atom stereocenters. The highest BCUT2D eigenvalue weighted by Crippen LogP contribution is 2.26. The number of thioether (sulfide) groups is 1. The summed E-state index contributed by atoms with van der Waals surface area (Å²) in [6, 6.07) is 7.97. The Balaban J connectivity index is 1.70. The topological polar surface area (TPSA) is 46.1 Å². The minimum atomic E-state index is 0.220. The minimum Gasteiger partial charge on any atom is -0.342 e. The highest BCUT2D eigenvalue weighted by molar-refractivity contribution is 8.00. The number of aryl methyl sites for hydroxylation is 1. The molecule has 2 heterocycles. The lowest BCUT2D eigenvalue weighted by molar-refractivity contribution is -0.129. The van der Waals surface area contributed by atoms with E-state index in [-0.39, 0.29) is 5.91 Å². The number of hydrogen-bond donors (Lipinski definition) is 0. The summed E-state index contributed by atoms with van der Waals surface area (Å²) in [5, 5.41) is 1.93. The van der Waals surface area contributed by atoms with Crippen molar-refractivity contribution in [3.8, 4) is 0 Å². The average Bonchev–Trinajstić information content (AvgIpc) is 2.52. The van der Waals surface area contributed by atoms with Crippen molar-refractivity contribution in [3.05, 3.63) is 30.1 Å². The van der Waals surface area contributed by atoms with E-state index in [4.69, 9.17) is 0 Å². The highest BCUT2D eigenvalue weighted by atomic mass is 32.2. The number of nitrogens with zero attached hydrogens (tertiary/aromatic N) is 3. The number of fused-ring (bicyclic) bond motifs is 1. The van der Waals surface area contributed by atoms with Gasteiger partial charge in [-0.25, -0.2) is 9.97 Å². The van der Waals surface area contributed by atoms with Gasteiger partial charge in [-0.05, 0) is 31.7 Å². The monoisotopic (exact) mass is 315 g/mol. The number of piperidine rings is 1. The van der Waals surface area contributed by atoms with Gasteiger partial charge in [-0.1, -0.05) is 36.9 Å². The molecule has 1 aliphatic heterocycles. The van der Waals surface area contributed by atoms with Crippen LogP contribution < -0.4 is 0 Å². The zero-order chi connectivity index (χ0) is 15.5. The van der Waals surface area contributed by atoms with Crippen molar-refractivity contribution < 1.29 is 4.79 Å². The number of amides is 1. The zero-order valence-electron chi connectivity index (χ0n) is 13.1. The molecule has 1 aromatic carbocycles. The fraction of sp³-hybridized carbons (Fsp3) is 0.471. The first-order valence-corrected chi connectivity index (χ1v) is 8.76. The summed E-state index contributed by atoms with van der Waals surface area (Å²) >= 11 is 1.52. The average molecular weight is 315 g/mol. The van der Waals surface area contributed by atoms with E-state index in [0.717, 1.165) is 53.6 Å². The third kappa shape index (κ3) is 3.40. The first-order valence-electron chi connectivity index (χ1n) is 7.77. The number of para-hydroxylation sites is 1. The zero-order valence-corrected chi connectivity index (χ0v) is 13.9. The molecule has 0 saturated carbocycles. The Labute approximate surface area is 135 Å². The molecule has 0 radical (unpaired) electrons. The van der Waals surface area contributed by atoms with Crippen LogP contribution in [0.1, 0.15) is 25.6 Å². The van der Waals surface area contributed by atoms with Gasteiger partial charge in [-0.15, -0.1) is 0 Å². The summed E-state index contributed by atoms with van der Waals surface area (Å²) in [4.78, 5) is 23.3. The smallest absolute Gasteiger partial charge is 0.232 e. The molecule has 1 amide bonds. The third-order valence-electron chi connectivity index (χ3n) is 4.15. The minimum absolute atomic E-state index is 0.220. The normalized spacial score (nSPS) is 16.2. The van der Waals surface area contributed by atoms with Gasteiger partial charge < -0.3 is 4.90 Å². The van der Waals surface area contributed by atoms with Crippen LogP contribution in [0.4, 0.5) is 0 Å².